The number of carbonyl (C=O) groups is 2. The summed E-state index contributed by atoms with van der Waals surface area (Å²) in [6, 6.07) is 21.5. The lowest BCUT2D eigenvalue weighted by molar-refractivity contribution is -0.143. The highest BCUT2D eigenvalue weighted by atomic mass is 35.5. The maximum absolute atomic E-state index is 13.6. The molecule has 0 saturated heterocycles. The number of hydrogen-bond acceptors (Lipinski definition) is 3. The normalized spacial score (nSPS) is 11.7. The second kappa shape index (κ2) is 13.3. The van der Waals surface area contributed by atoms with Crippen LogP contribution in [-0.4, -0.2) is 35.4 Å². The molecule has 0 aliphatic carbocycles. The van der Waals surface area contributed by atoms with Gasteiger partial charge >= 0.3 is 0 Å². The molecule has 0 fully saturated rings. The fourth-order valence-corrected chi connectivity index (χ4v) is 4.35. The van der Waals surface area contributed by atoms with Gasteiger partial charge in [-0.3, -0.25) is 9.59 Å². The maximum Gasteiger partial charge on any atom is 0.261 e. The first-order valence-corrected chi connectivity index (χ1v) is 12.8. The number of nitrogens with one attached hydrogen (secondary N) is 1. The Morgan fingerprint density at radius 2 is 1.53 bits per heavy atom. The Bertz CT molecular complexity index is 1130. The monoisotopic (exact) mass is 526 g/mol. The summed E-state index contributed by atoms with van der Waals surface area (Å²) in [5.41, 5.74) is 2.69. The number of nitrogens with zero attached hydrogens (tertiary/aromatic N) is 1. The highest BCUT2D eigenvalue weighted by Crippen LogP contribution is 2.27. The summed E-state index contributed by atoms with van der Waals surface area (Å²) in [5, 5.41) is 3.82. The summed E-state index contributed by atoms with van der Waals surface area (Å²) in [5.74, 6) is -0.00872. The van der Waals surface area contributed by atoms with Gasteiger partial charge in [0.15, 0.2) is 6.61 Å². The highest BCUT2D eigenvalue weighted by molar-refractivity contribution is 6.36. The smallest absolute Gasteiger partial charge is 0.261 e. The molecule has 0 saturated carbocycles. The predicted octanol–water partition coefficient (Wildman–Crippen LogP) is 6.10. The van der Waals surface area contributed by atoms with Crippen LogP contribution in [0.25, 0.3) is 0 Å². The molecule has 0 heterocycles. The van der Waals surface area contributed by atoms with Gasteiger partial charge in [0.05, 0.1) is 0 Å². The largest absolute Gasteiger partial charge is 0.484 e. The molecule has 7 heteroatoms. The average Bonchev–Trinajstić information content (AvgIpc) is 2.86. The molecule has 3 rings (SSSR count). The van der Waals surface area contributed by atoms with Crippen LogP contribution in [0.5, 0.6) is 5.75 Å². The molecule has 0 aliphatic rings. The molecule has 36 heavy (non-hydrogen) atoms. The van der Waals surface area contributed by atoms with E-state index in [-0.39, 0.29) is 31.0 Å². The van der Waals surface area contributed by atoms with Crippen molar-refractivity contribution in [3.8, 4) is 5.75 Å². The molecular formula is C29H32Cl2N2O3. The Hall–Kier alpha value is -3.02. The minimum absolute atomic E-state index is 0.0679. The van der Waals surface area contributed by atoms with Crippen molar-refractivity contribution in [2.24, 2.45) is 0 Å². The SMILES string of the molecule is CCc1ccc(OCC(=O)N(Cc2c(Cl)cccc2Cl)C(Cc2ccccc2)C(=O)NC(C)C)cc1. The third kappa shape index (κ3) is 7.74. The molecule has 1 N–H and O–H groups in total. The number of carbonyl (C=O) groups excluding carboxylic acids is 2. The molecule has 0 aromatic heterocycles. The first-order valence-electron chi connectivity index (χ1n) is 12.1. The Kier molecular flexibility index (Phi) is 10.2. The second-order valence-corrected chi connectivity index (χ2v) is 9.69. The Morgan fingerprint density at radius 1 is 0.889 bits per heavy atom. The molecule has 5 nitrogen and oxygen atoms in total. The maximum atomic E-state index is 13.6. The number of halogens is 2. The van der Waals surface area contributed by atoms with Crippen molar-refractivity contribution < 1.29 is 14.3 Å². The number of ether oxygens (including phenoxy) is 1. The number of amides is 2. The van der Waals surface area contributed by atoms with Crippen LogP contribution in [0.2, 0.25) is 10.0 Å². The summed E-state index contributed by atoms with van der Waals surface area (Å²) in [6.07, 6.45) is 1.25. The molecule has 3 aromatic rings. The first-order chi connectivity index (χ1) is 17.3. The van der Waals surface area contributed by atoms with Crippen LogP contribution < -0.4 is 10.1 Å². The predicted molar refractivity (Wildman–Crippen MR) is 146 cm³/mol. The van der Waals surface area contributed by atoms with Crippen LogP contribution >= 0.6 is 23.2 Å². The van der Waals surface area contributed by atoms with Crippen LogP contribution in [0.15, 0.2) is 72.8 Å². The topological polar surface area (TPSA) is 58.6 Å². The van der Waals surface area contributed by atoms with Gasteiger partial charge in [0, 0.05) is 34.6 Å². The molecule has 1 unspecified atom stereocenters. The van der Waals surface area contributed by atoms with E-state index < -0.39 is 6.04 Å². The van der Waals surface area contributed by atoms with Gasteiger partial charge in [-0.25, -0.2) is 0 Å². The van der Waals surface area contributed by atoms with Crippen LogP contribution in [0.4, 0.5) is 0 Å². The van der Waals surface area contributed by atoms with E-state index in [1.165, 1.54) is 10.5 Å². The Balaban J connectivity index is 1.93. The molecule has 1 atom stereocenters. The lowest BCUT2D eigenvalue weighted by Gasteiger charge is -2.32. The molecule has 190 valence electrons. The molecular weight excluding hydrogens is 495 g/mol. The third-order valence-electron chi connectivity index (χ3n) is 5.79. The number of aryl methyl sites for hydroxylation is 1. The average molecular weight is 527 g/mol. The van der Waals surface area contributed by atoms with Gasteiger partial charge in [-0.15, -0.1) is 0 Å². The fraction of sp³-hybridized carbons (Fsp3) is 0.310. The van der Waals surface area contributed by atoms with Crippen molar-refractivity contribution in [2.75, 3.05) is 6.61 Å². The summed E-state index contributed by atoms with van der Waals surface area (Å²) >= 11 is 12.9. The quantitative estimate of drug-likeness (QED) is 0.328. The van der Waals surface area contributed by atoms with Crippen LogP contribution in [0.3, 0.4) is 0 Å². The van der Waals surface area contributed by atoms with Crippen LogP contribution in [0.1, 0.15) is 37.5 Å². The van der Waals surface area contributed by atoms with Gasteiger partial charge in [-0.05, 0) is 55.7 Å². The van der Waals surface area contributed by atoms with Gasteiger partial charge in [0.25, 0.3) is 5.91 Å². The van der Waals surface area contributed by atoms with Crippen molar-refractivity contribution in [3.05, 3.63) is 99.5 Å². The van der Waals surface area contributed by atoms with Gasteiger partial charge < -0.3 is 15.0 Å². The number of hydrogen-bond donors (Lipinski definition) is 1. The lowest BCUT2D eigenvalue weighted by atomic mass is 10.0. The van der Waals surface area contributed by atoms with Crippen molar-refractivity contribution in [1.82, 2.24) is 10.2 Å². The van der Waals surface area contributed by atoms with E-state index in [4.69, 9.17) is 27.9 Å². The number of rotatable bonds is 11. The van der Waals surface area contributed by atoms with E-state index in [1.807, 2.05) is 68.4 Å². The zero-order chi connectivity index (χ0) is 26.1. The van der Waals surface area contributed by atoms with Crippen molar-refractivity contribution >= 4 is 35.0 Å². The minimum Gasteiger partial charge on any atom is -0.484 e. The number of benzene rings is 3. The summed E-state index contributed by atoms with van der Waals surface area (Å²) < 4.78 is 5.82. The zero-order valence-corrected chi connectivity index (χ0v) is 22.4. The molecule has 0 radical (unpaired) electrons. The van der Waals surface area contributed by atoms with Crippen molar-refractivity contribution in [3.63, 3.8) is 0 Å². The first kappa shape index (κ1) is 27.6. The van der Waals surface area contributed by atoms with Gasteiger partial charge in [-0.2, -0.15) is 0 Å². The van der Waals surface area contributed by atoms with Crippen LogP contribution in [-0.2, 0) is 29.0 Å². The minimum atomic E-state index is -0.791. The third-order valence-corrected chi connectivity index (χ3v) is 6.49. The van der Waals surface area contributed by atoms with Gasteiger partial charge in [0.2, 0.25) is 5.91 Å². The van der Waals surface area contributed by atoms with E-state index in [2.05, 4.69) is 12.2 Å². The zero-order valence-electron chi connectivity index (χ0n) is 20.8. The summed E-state index contributed by atoms with van der Waals surface area (Å²) in [6.45, 7) is 5.69. The van der Waals surface area contributed by atoms with Gasteiger partial charge in [0.1, 0.15) is 11.8 Å². The van der Waals surface area contributed by atoms with E-state index in [9.17, 15) is 9.59 Å². The van der Waals surface area contributed by atoms with Crippen molar-refractivity contribution in [1.29, 1.82) is 0 Å². The van der Waals surface area contributed by atoms with Crippen LogP contribution in [0, 0.1) is 0 Å². The standard InChI is InChI=1S/C29H32Cl2N2O3/c1-4-21-13-15-23(16-14-21)36-19-28(34)33(18-24-25(30)11-8-12-26(24)31)27(29(35)32-20(2)3)17-22-9-6-5-7-10-22/h5-16,20,27H,4,17-19H2,1-3H3,(H,32,35). The van der Waals surface area contributed by atoms with Gasteiger partial charge in [-0.1, -0.05) is 78.7 Å². The highest BCUT2D eigenvalue weighted by Gasteiger charge is 2.32. The van der Waals surface area contributed by atoms with Crippen molar-refractivity contribution in [2.45, 2.75) is 52.2 Å². The Morgan fingerprint density at radius 3 is 2.11 bits per heavy atom. The molecule has 0 bridgehead atoms. The molecule has 3 aromatic carbocycles. The van der Waals surface area contributed by atoms with E-state index >= 15 is 0 Å². The van der Waals surface area contributed by atoms with E-state index in [1.54, 1.807) is 18.2 Å². The van der Waals surface area contributed by atoms with E-state index in [0.717, 1.165) is 12.0 Å². The fourth-order valence-electron chi connectivity index (χ4n) is 3.84. The van der Waals surface area contributed by atoms with E-state index in [0.29, 0.717) is 27.8 Å². The molecule has 0 spiro atoms. The Labute approximate surface area is 223 Å². The lowest BCUT2D eigenvalue weighted by Crippen LogP contribution is -2.52. The molecule has 2 amide bonds. The summed E-state index contributed by atoms with van der Waals surface area (Å²) in [7, 11) is 0. The second-order valence-electron chi connectivity index (χ2n) is 8.88. The molecule has 0 aliphatic heterocycles. The summed E-state index contributed by atoms with van der Waals surface area (Å²) in [4.78, 5) is 28.5.